The van der Waals surface area contributed by atoms with Gasteiger partial charge in [-0.1, -0.05) is 12.1 Å². The lowest BCUT2D eigenvalue weighted by Crippen LogP contribution is -2.34. The van der Waals surface area contributed by atoms with Gasteiger partial charge in [0, 0.05) is 12.6 Å². The van der Waals surface area contributed by atoms with Crippen LogP contribution in [0, 0.1) is 5.82 Å². The van der Waals surface area contributed by atoms with E-state index in [1.165, 1.54) is 12.1 Å². The average molecular weight is 265 g/mol. The number of halogens is 1. The van der Waals surface area contributed by atoms with Crippen LogP contribution < -0.4 is 0 Å². The van der Waals surface area contributed by atoms with Gasteiger partial charge in [-0.05, 0) is 44.4 Å². The Kier molecular flexibility index (Phi) is 5.05. The molecule has 1 unspecified atom stereocenters. The molecule has 1 fully saturated rings. The summed E-state index contributed by atoms with van der Waals surface area (Å²) in [5, 5.41) is 8.87. The minimum absolute atomic E-state index is 0.158. The van der Waals surface area contributed by atoms with Gasteiger partial charge in [0.25, 0.3) is 0 Å². The van der Waals surface area contributed by atoms with Crippen molar-refractivity contribution in [2.75, 3.05) is 19.7 Å². The average Bonchev–Trinajstić information content (AvgIpc) is 2.84. The van der Waals surface area contributed by atoms with Crippen LogP contribution in [-0.4, -0.2) is 41.5 Å². The molecule has 1 aliphatic rings. The first-order chi connectivity index (χ1) is 9.22. The Morgan fingerprint density at radius 1 is 1.42 bits per heavy atom. The molecule has 0 bridgehead atoms. The first-order valence-corrected chi connectivity index (χ1v) is 6.85. The van der Waals surface area contributed by atoms with Gasteiger partial charge in [0.2, 0.25) is 0 Å². The summed E-state index contributed by atoms with van der Waals surface area (Å²) < 4.78 is 13.5. The molecule has 0 spiro atoms. The Hall–Kier alpha value is -1.26. The monoisotopic (exact) mass is 265 g/mol. The van der Waals surface area contributed by atoms with E-state index >= 15 is 0 Å². The molecule has 0 aliphatic carbocycles. The fourth-order valence-corrected chi connectivity index (χ4v) is 2.71. The summed E-state index contributed by atoms with van der Waals surface area (Å²) in [7, 11) is 0. The van der Waals surface area contributed by atoms with Crippen molar-refractivity contribution in [1.82, 2.24) is 4.90 Å². The first kappa shape index (κ1) is 14.2. The van der Waals surface area contributed by atoms with Crippen molar-refractivity contribution < 1.29 is 14.3 Å². The maximum Gasteiger partial charge on any atom is 0.179 e. The maximum atomic E-state index is 13.5. The molecule has 3 nitrogen and oxygen atoms in total. The number of Topliss-reactive ketones (excluding diaryl/α,β-unsaturated/α-hetero) is 1. The van der Waals surface area contributed by atoms with Crippen molar-refractivity contribution in [3.05, 3.63) is 35.6 Å². The molecule has 104 valence electrons. The predicted octanol–water partition coefficient (Wildman–Crippen LogP) is 2.25. The van der Waals surface area contributed by atoms with Crippen LogP contribution in [0.15, 0.2) is 24.3 Å². The molecule has 1 N–H and O–H groups in total. The van der Waals surface area contributed by atoms with E-state index in [4.69, 9.17) is 5.11 Å². The number of nitrogens with zero attached hydrogens (tertiary/aromatic N) is 1. The molecule has 1 atom stereocenters. The number of hydrogen-bond acceptors (Lipinski definition) is 3. The van der Waals surface area contributed by atoms with Crippen LogP contribution in [0.25, 0.3) is 0 Å². The minimum Gasteiger partial charge on any atom is -0.396 e. The van der Waals surface area contributed by atoms with Gasteiger partial charge < -0.3 is 5.11 Å². The summed E-state index contributed by atoms with van der Waals surface area (Å²) in [5.74, 6) is -0.604. The summed E-state index contributed by atoms with van der Waals surface area (Å²) in [6.07, 6.45) is 3.79. The molecule has 1 aliphatic heterocycles. The second-order valence-corrected chi connectivity index (χ2v) is 5.04. The third kappa shape index (κ3) is 3.61. The minimum atomic E-state index is -0.446. The molecular weight excluding hydrogens is 245 g/mol. The topological polar surface area (TPSA) is 40.5 Å². The van der Waals surface area contributed by atoms with Gasteiger partial charge in [-0.3, -0.25) is 9.69 Å². The highest BCUT2D eigenvalue weighted by atomic mass is 19.1. The number of carbonyl (C=O) groups excluding carboxylic acids is 1. The first-order valence-electron chi connectivity index (χ1n) is 6.85. The van der Waals surface area contributed by atoms with Gasteiger partial charge in [-0.15, -0.1) is 0 Å². The fourth-order valence-electron chi connectivity index (χ4n) is 2.71. The zero-order valence-corrected chi connectivity index (χ0v) is 11.0. The highest BCUT2D eigenvalue weighted by Gasteiger charge is 2.26. The van der Waals surface area contributed by atoms with Crippen LogP contribution in [0.2, 0.25) is 0 Å². The van der Waals surface area contributed by atoms with Gasteiger partial charge in [0.15, 0.2) is 5.78 Å². The summed E-state index contributed by atoms with van der Waals surface area (Å²) in [4.78, 5) is 14.2. The number of benzene rings is 1. The van der Waals surface area contributed by atoms with Crippen molar-refractivity contribution in [3.63, 3.8) is 0 Å². The van der Waals surface area contributed by atoms with E-state index in [9.17, 15) is 9.18 Å². The van der Waals surface area contributed by atoms with Crippen LogP contribution in [0.4, 0.5) is 4.39 Å². The Balaban J connectivity index is 1.96. The highest BCUT2D eigenvalue weighted by Crippen LogP contribution is 2.21. The third-order valence-electron chi connectivity index (χ3n) is 3.72. The number of rotatable bonds is 6. The van der Waals surface area contributed by atoms with Crippen LogP contribution in [0.5, 0.6) is 0 Å². The predicted molar refractivity (Wildman–Crippen MR) is 71.6 cm³/mol. The molecular formula is C15H20FNO2. The third-order valence-corrected chi connectivity index (χ3v) is 3.72. The molecule has 0 amide bonds. The van der Waals surface area contributed by atoms with E-state index in [1.807, 2.05) is 0 Å². The van der Waals surface area contributed by atoms with Gasteiger partial charge in [0.05, 0.1) is 12.1 Å². The Bertz CT molecular complexity index is 436. The number of aliphatic hydroxyl groups is 1. The lowest BCUT2D eigenvalue weighted by Gasteiger charge is -2.23. The summed E-state index contributed by atoms with van der Waals surface area (Å²) >= 11 is 0. The van der Waals surface area contributed by atoms with E-state index < -0.39 is 5.82 Å². The quantitative estimate of drug-likeness (QED) is 0.802. The molecule has 1 heterocycles. The van der Waals surface area contributed by atoms with Crippen molar-refractivity contribution in [3.8, 4) is 0 Å². The highest BCUT2D eigenvalue weighted by molar-refractivity contribution is 5.97. The number of hydrogen-bond donors (Lipinski definition) is 1. The SMILES string of the molecule is O=C(CN1CCCC1CCCO)c1ccccc1F. The molecule has 1 saturated heterocycles. The normalized spacial score (nSPS) is 19.8. The standard InChI is InChI=1S/C15H20FNO2/c16-14-8-2-1-7-13(14)15(19)11-17-9-3-5-12(17)6-4-10-18/h1-2,7-8,12,18H,3-6,9-11H2. The summed E-state index contributed by atoms with van der Waals surface area (Å²) in [5.41, 5.74) is 0.176. The molecule has 1 aromatic rings. The molecule has 19 heavy (non-hydrogen) atoms. The second kappa shape index (κ2) is 6.78. The van der Waals surface area contributed by atoms with Gasteiger partial charge in [-0.2, -0.15) is 0 Å². The van der Waals surface area contributed by atoms with E-state index in [2.05, 4.69) is 4.90 Å². The number of ketones is 1. The van der Waals surface area contributed by atoms with Crippen LogP contribution in [0.1, 0.15) is 36.0 Å². The smallest absolute Gasteiger partial charge is 0.179 e. The second-order valence-electron chi connectivity index (χ2n) is 5.04. The van der Waals surface area contributed by atoms with E-state index in [1.54, 1.807) is 12.1 Å². The van der Waals surface area contributed by atoms with Crippen molar-refractivity contribution in [2.45, 2.75) is 31.7 Å². The van der Waals surface area contributed by atoms with Crippen molar-refractivity contribution in [2.24, 2.45) is 0 Å². The Morgan fingerprint density at radius 3 is 2.95 bits per heavy atom. The molecule has 0 radical (unpaired) electrons. The van der Waals surface area contributed by atoms with Crippen molar-refractivity contribution >= 4 is 5.78 Å². The van der Waals surface area contributed by atoms with Gasteiger partial charge in [-0.25, -0.2) is 4.39 Å². The lowest BCUT2D eigenvalue weighted by atomic mass is 10.1. The van der Waals surface area contributed by atoms with E-state index in [0.29, 0.717) is 6.04 Å². The zero-order valence-electron chi connectivity index (χ0n) is 11.0. The van der Waals surface area contributed by atoms with Crippen molar-refractivity contribution in [1.29, 1.82) is 0 Å². The Labute approximate surface area is 113 Å². The summed E-state index contributed by atoms with van der Waals surface area (Å²) in [6.45, 7) is 1.35. The van der Waals surface area contributed by atoms with Gasteiger partial charge in [0.1, 0.15) is 5.82 Å². The fraction of sp³-hybridized carbons (Fsp3) is 0.533. The zero-order chi connectivity index (χ0) is 13.7. The Morgan fingerprint density at radius 2 is 2.21 bits per heavy atom. The van der Waals surface area contributed by atoms with Gasteiger partial charge >= 0.3 is 0 Å². The van der Waals surface area contributed by atoms with Crippen LogP contribution in [0.3, 0.4) is 0 Å². The maximum absolute atomic E-state index is 13.5. The molecule has 0 aromatic heterocycles. The van der Waals surface area contributed by atoms with E-state index in [-0.39, 0.29) is 24.5 Å². The number of aliphatic hydroxyl groups excluding tert-OH is 1. The lowest BCUT2D eigenvalue weighted by molar-refractivity contribution is 0.0912. The molecule has 2 rings (SSSR count). The molecule has 1 aromatic carbocycles. The largest absolute Gasteiger partial charge is 0.396 e. The molecule has 4 heteroatoms. The van der Waals surface area contributed by atoms with Crippen LogP contribution >= 0.6 is 0 Å². The van der Waals surface area contributed by atoms with E-state index in [0.717, 1.165) is 32.2 Å². The number of carbonyl (C=O) groups is 1. The summed E-state index contributed by atoms with van der Waals surface area (Å²) in [6, 6.07) is 6.48. The van der Waals surface area contributed by atoms with Crippen LogP contribution in [-0.2, 0) is 0 Å². The number of likely N-dealkylation sites (tertiary alicyclic amines) is 1. The molecule has 0 saturated carbocycles.